The summed E-state index contributed by atoms with van der Waals surface area (Å²) in [6.45, 7) is 6.04. The van der Waals surface area contributed by atoms with E-state index in [1.54, 1.807) is 0 Å². The summed E-state index contributed by atoms with van der Waals surface area (Å²) in [7, 11) is 0. The van der Waals surface area contributed by atoms with Crippen molar-refractivity contribution in [3.63, 3.8) is 0 Å². The van der Waals surface area contributed by atoms with E-state index in [0.717, 1.165) is 12.0 Å². The van der Waals surface area contributed by atoms with Crippen LogP contribution in [-0.2, 0) is 0 Å². The molecule has 0 amide bonds. The fourth-order valence-electron chi connectivity index (χ4n) is 1.41. The second-order valence-corrected chi connectivity index (χ2v) is 3.67. The molecule has 0 fully saturated rings. The molecule has 0 saturated heterocycles. The van der Waals surface area contributed by atoms with Crippen LogP contribution in [0.5, 0.6) is 0 Å². The second kappa shape index (κ2) is 4.97. The Morgan fingerprint density at radius 1 is 1.43 bits per heavy atom. The molecule has 0 spiro atoms. The van der Waals surface area contributed by atoms with Crippen LogP contribution in [0.1, 0.15) is 31.4 Å². The Morgan fingerprint density at radius 3 is 2.64 bits per heavy atom. The quantitative estimate of drug-likeness (QED) is 0.776. The Kier molecular flexibility index (Phi) is 3.90. The highest BCUT2D eigenvalue weighted by Gasteiger charge is 2.03. The maximum Gasteiger partial charge on any atom is 0.0748 e. The summed E-state index contributed by atoms with van der Waals surface area (Å²) >= 11 is 0. The van der Waals surface area contributed by atoms with Crippen molar-refractivity contribution in [2.45, 2.75) is 33.3 Å². The van der Waals surface area contributed by atoms with Crippen LogP contribution in [0.3, 0.4) is 0 Å². The van der Waals surface area contributed by atoms with Crippen molar-refractivity contribution in [1.29, 1.82) is 0 Å². The van der Waals surface area contributed by atoms with Gasteiger partial charge in [-0.05, 0) is 37.0 Å². The molecule has 1 aromatic carbocycles. The molecule has 1 rings (SSSR count). The zero-order valence-electron chi connectivity index (χ0n) is 9.12. The fourth-order valence-corrected chi connectivity index (χ4v) is 1.41. The third kappa shape index (κ3) is 2.71. The normalized spacial score (nSPS) is 14.1. The van der Waals surface area contributed by atoms with Gasteiger partial charge >= 0.3 is 0 Å². The van der Waals surface area contributed by atoms with Gasteiger partial charge in [0, 0.05) is 0 Å². The zero-order chi connectivity index (χ0) is 10.6. The molecule has 0 unspecified atom stereocenters. The molecule has 0 saturated carbocycles. The summed E-state index contributed by atoms with van der Waals surface area (Å²) in [5.41, 5.74) is 3.47. The summed E-state index contributed by atoms with van der Waals surface area (Å²) < 4.78 is 0. The smallest absolute Gasteiger partial charge is 0.0748 e. The molecule has 1 heteroatoms. The van der Waals surface area contributed by atoms with Crippen molar-refractivity contribution in [1.82, 2.24) is 0 Å². The number of aryl methyl sites for hydroxylation is 1. The lowest BCUT2D eigenvalue weighted by Gasteiger charge is -2.08. The van der Waals surface area contributed by atoms with Crippen molar-refractivity contribution in [3.05, 3.63) is 41.0 Å². The topological polar surface area (TPSA) is 20.2 Å². The predicted molar refractivity (Wildman–Crippen MR) is 61.1 cm³/mol. The number of aliphatic hydroxyl groups excluding tert-OH is 1. The first-order chi connectivity index (χ1) is 6.65. The van der Waals surface area contributed by atoms with Crippen molar-refractivity contribution in [2.24, 2.45) is 0 Å². The summed E-state index contributed by atoms with van der Waals surface area (Å²) in [6.07, 6.45) is 2.52. The van der Waals surface area contributed by atoms with Gasteiger partial charge < -0.3 is 5.11 Å². The van der Waals surface area contributed by atoms with E-state index in [-0.39, 0.29) is 6.10 Å². The first-order valence-corrected chi connectivity index (χ1v) is 5.07. The average Bonchev–Trinajstić information content (AvgIpc) is 2.20. The third-order valence-electron chi connectivity index (χ3n) is 2.48. The number of rotatable bonds is 3. The Morgan fingerprint density at radius 2 is 2.07 bits per heavy atom. The van der Waals surface area contributed by atoms with Gasteiger partial charge in [-0.25, -0.2) is 0 Å². The molecule has 76 valence electrons. The predicted octanol–water partition coefficient (Wildman–Crippen LogP) is 3.17. The number of benzene rings is 1. The van der Waals surface area contributed by atoms with Gasteiger partial charge in [0.25, 0.3) is 0 Å². The van der Waals surface area contributed by atoms with Gasteiger partial charge in [-0.3, -0.25) is 0 Å². The van der Waals surface area contributed by atoms with Gasteiger partial charge in [-0.1, -0.05) is 37.3 Å². The second-order valence-electron chi connectivity index (χ2n) is 3.67. The third-order valence-corrected chi connectivity index (χ3v) is 2.48. The Labute approximate surface area is 86.1 Å². The van der Waals surface area contributed by atoms with Crippen molar-refractivity contribution in [3.8, 4) is 0 Å². The fraction of sp³-hybridized carbons (Fsp3) is 0.385. The van der Waals surface area contributed by atoms with Crippen LogP contribution in [0.2, 0.25) is 0 Å². The molecule has 0 bridgehead atoms. The largest absolute Gasteiger partial charge is 0.389 e. The Balaban J connectivity index is 2.91. The van der Waals surface area contributed by atoms with Gasteiger partial charge in [0.1, 0.15) is 0 Å². The molecule has 1 N–H and O–H groups in total. The Hall–Kier alpha value is -1.08. The lowest BCUT2D eigenvalue weighted by molar-refractivity contribution is 0.208. The van der Waals surface area contributed by atoms with Gasteiger partial charge in [-0.2, -0.15) is 0 Å². The molecule has 1 atom stereocenters. The van der Waals surface area contributed by atoms with E-state index < -0.39 is 0 Å². The maximum absolute atomic E-state index is 9.61. The minimum Gasteiger partial charge on any atom is -0.389 e. The highest BCUT2D eigenvalue weighted by Crippen LogP contribution is 2.14. The van der Waals surface area contributed by atoms with Gasteiger partial charge in [-0.15, -0.1) is 0 Å². The van der Waals surface area contributed by atoms with E-state index in [1.165, 1.54) is 11.1 Å². The highest BCUT2D eigenvalue weighted by atomic mass is 16.3. The summed E-state index contributed by atoms with van der Waals surface area (Å²) in [5.74, 6) is 0. The minimum absolute atomic E-state index is 0.311. The van der Waals surface area contributed by atoms with E-state index in [2.05, 4.69) is 25.1 Å². The standard InChI is InChI=1S/C13H18O/c1-4-13(14)11(3)9-12-8-6-5-7-10(12)2/h5-9,13-14H,4H2,1-3H3/b11-9+/t13-/m0/s1. The minimum atomic E-state index is -0.311. The first-order valence-electron chi connectivity index (χ1n) is 5.07. The van der Waals surface area contributed by atoms with Crippen LogP contribution in [0.15, 0.2) is 29.8 Å². The molecule has 1 nitrogen and oxygen atoms in total. The van der Waals surface area contributed by atoms with Crippen LogP contribution in [0.4, 0.5) is 0 Å². The van der Waals surface area contributed by atoms with E-state index in [4.69, 9.17) is 0 Å². The molecule has 0 aliphatic rings. The molecular formula is C13H18O. The Bertz CT molecular complexity index is 326. The van der Waals surface area contributed by atoms with Crippen molar-refractivity contribution >= 4 is 6.08 Å². The molecule has 0 aliphatic heterocycles. The maximum atomic E-state index is 9.61. The molecular weight excluding hydrogens is 172 g/mol. The van der Waals surface area contributed by atoms with Crippen LogP contribution in [-0.4, -0.2) is 11.2 Å². The van der Waals surface area contributed by atoms with Gasteiger partial charge in [0.2, 0.25) is 0 Å². The molecule has 0 aromatic heterocycles. The summed E-state index contributed by atoms with van der Waals surface area (Å²) in [5, 5.41) is 9.61. The summed E-state index contributed by atoms with van der Waals surface area (Å²) in [6, 6.07) is 8.20. The average molecular weight is 190 g/mol. The number of aliphatic hydroxyl groups is 1. The van der Waals surface area contributed by atoms with E-state index in [9.17, 15) is 5.11 Å². The lowest BCUT2D eigenvalue weighted by atomic mass is 10.0. The lowest BCUT2D eigenvalue weighted by Crippen LogP contribution is -2.05. The highest BCUT2D eigenvalue weighted by molar-refractivity contribution is 5.56. The van der Waals surface area contributed by atoms with Crippen LogP contribution >= 0.6 is 0 Å². The van der Waals surface area contributed by atoms with Crippen LogP contribution < -0.4 is 0 Å². The van der Waals surface area contributed by atoms with E-state index >= 15 is 0 Å². The van der Waals surface area contributed by atoms with Crippen molar-refractivity contribution < 1.29 is 5.11 Å². The monoisotopic (exact) mass is 190 g/mol. The number of hydrogen-bond donors (Lipinski definition) is 1. The SMILES string of the molecule is CC[C@H](O)/C(C)=C/c1ccccc1C. The summed E-state index contributed by atoms with van der Waals surface area (Å²) in [4.78, 5) is 0. The van der Waals surface area contributed by atoms with Gasteiger partial charge in [0.05, 0.1) is 6.10 Å². The molecule has 0 aliphatic carbocycles. The molecule has 1 aromatic rings. The van der Waals surface area contributed by atoms with Gasteiger partial charge in [0.15, 0.2) is 0 Å². The molecule has 0 radical (unpaired) electrons. The number of hydrogen-bond acceptors (Lipinski definition) is 1. The zero-order valence-corrected chi connectivity index (χ0v) is 9.12. The van der Waals surface area contributed by atoms with E-state index in [1.807, 2.05) is 26.0 Å². The van der Waals surface area contributed by atoms with Crippen molar-refractivity contribution in [2.75, 3.05) is 0 Å². The van der Waals surface area contributed by atoms with Crippen LogP contribution in [0.25, 0.3) is 6.08 Å². The van der Waals surface area contributed by atoms with E-state index in [0.29, 0.717) is 0 Å². The first kappa shape index (κ1) is 11.0. The molecule has 14 heavy (non-hydrogen) atoms. The molecule has 0 heterocycles. The van der Waals surface area contributed by atoms with Crippen LogP contribution in [0, 0.1) is 6.92 Å².